The van der Waals surface area contributed by atoms with Gasteiger partial charge < -0.3 is 15.2 Å². The van der Waals surface area contributed by atoms with Gasteiger partial charge in [-0.3, -0.25) is 9.59 Å². The van der Waals surface area contributed by atoms with Crippen LogP contribution in [0.1, 0.15) is 28.5 Å². The third-order valence-electron chi connectivity index (χ3n) is 3.96. The summed E-state index contributed by atoms with van der Waals surface area (Å²) < 4.78 is 1.80. The summed E-state index contributed by atoms with van der Waals surface area (Å²) in [6, 6.07) is 11.2. The van der Waals surface area contributed by atoms with Crippen molar-refractivity contribution in [2.75, 3.05) is 0 Å². The second-order valence-corrected chi connectivity index (χ2v) is 5.46. The average molecular weight is 297 g/mol. The third kappa shape index (κ3) is 2.88. The van der Waals surface area contributed by atoms with Gasteiger partial charge in [0.1, 0.15) is 11.7 Å². The van der Waals surface area contributed by atoms with Gasteiger partial charge in [0.2, 0.25) is 5.91 Å². The maximum atomic E-state index is 12.2. The number of benzene rings is 1. The van der Waals surface area contributed by atoms with E-state index in [1.54, 1.807) is 10.6 Å². The number of rotatable bonds is 4. The Hall–Kier alpha value is -2.56. The van der Waals surface area contributed by atoms with Crippen molar-refractivity contribution in [2.45, 2.75) is 32.5 Å². The first-order valence-electron chi connectivity index (χ1n) is 7.49. The van der Waals surface area contributed by atoms with Gasteiger partial charge in [0.25, 0.3) is 5.91 Å². The number of nitrogens with zero attached hydrogens (tertiary/aromatic N) is 1. The smallest absolute Gasteiger partial charge is 0.268 e. The van der Waals surface area contributed by atoms with Gasteiger partial charge >= 0.3 is 0 Å². The molecular weight excluding hydrogens is 278 g/mol. The second kappa shape index (κ2) is 6.05. The number of carbonyl (C=O) groups excluding carboxylic acids is 2. The molecule has 22 heavy (non-hydrogen) atoms. The molecule has 0 aliphatic carbocycles. The number of nitrogens with one attached hydrogen (secondary N) is 2. The lowest BCUT2D eigenvalue weighted by Crippen LogP contribution is -2.52. The minimum Gasteiger partial charge on any atom is -0.350 e. The molecule has 2 amide bonds. The Labute approximate surface area is 129 Å². The van der Waals surface area contributed by atoms with E-state index in [0.29, 0.717) is 18.8 Å². The molecule has 0 saturated carbocycles. The number of aromatic nitrogens is 1. The average Bonchev–Trinajstić information content (AvgIpc) is 3.02. The van der Waals surface area contributed by atoms with Gasteiger partial charge in [-0.15, -0.1) is 0 Å². The molecule has 1 aliphatic rings. The molecule has 0 unspecified atom stereocenters. The highest BCUT2D eigenvalue weighted by Gasteiger charge is 2.28. The summed E-state index contributed by atoms with van der Waals surface area (Å²) in [4.78, 5) is 24.1. The van der Waals surface area contributed by atoms with Gasteiger partial charge in [-0.25, -0.2) is 0 Å². The zero-order valence-electron chi connectivity index (χ0n) is 12.5. The number of amides is 2. The van der Waals surface area contributed by atoms with Crippen LogP contribution in [0.5, 0.6) is 0 Å². The van der Waals surface area contributed by atoms with Crippen molar-refractivity contribution in [2.24, 2.45) is 0 Å². The van der Waals surface area contributed by atoms with E-state index in [1.165, 1.54) is 5.56 Å². The first-order valence-corrected chi connectivity index (χ1v) is 7.49. The van der Waals surface area contributed by atoms with Crippen LogP contribution in [0, 0.1) is 0 Å². The van der Waals surface area contributed by atoms with E-state index in [9.17, 15) is 9.59 Å². The predicted molar refractivity (Wildman–Crippen MR) is 83.4 cm³/mol. The summed E-state index contributed by atoms with van der Waals surface area (Å²) in [6.07, 6.45) is 2.82. The van der Waals surface area contributed by atoms with Crippen LogP contribution in [-0.2, 0) is 24.3 Å². The van der Waals surface area contributed by atoms with E-state index in [2.05, 4.69) is 29.7 Å². The van der Waals surface area contributed by atoms with Gasteiger partial charge in [-0.05, 0) is 29.7 Å². The third-order valence-corrected chi connectivity index (χ3v) is 3.96. The summed E-state index contributed by atoms with van der Waals surface area (Å²) in [5.74, 6) is -0.365. The zero-order chi connectivity index (χ0) is 15.5. The zero-order valence-corrected chi connectivity index (χ0v) is 12.5. The van der Waals surface area contributed by atoms with Crippen LogP contribution < -0.4 is 10.6 Å². The SMILES string of the molecule is CCc1ccc(CNC(=O)[C@@H]2Cn3cccc3C(=O)N2)cc1. The summed E-state index contributed by atoms with van der Waals surface area (Å²) in [6.45, 7) is 3.04. The quantitative estimate of drug-likeness (QED) is 0.898. The molecule has 114 valence electrons. The molecule has 2 heterocycles. The molecular formula is C17H19N3O2. The summed E-state index contributed by atoms with van der Waals surface area (Å²) in [7, 11) is 0. The summed E-state index contributed by atoms with van der Waals surface area (Å²) in [5, 5.41) is 5.62. The molecule has 3 rings (SSSR count). The number of fused-ring (bicyclic) bond motifs is 1. The fourth-order valence-electron chi connectivity index (χ4n) is 2.61. The maximum Gasteiger partial charge on any atom is 0.268 e. The number of aryl methyl sites for hydroxylation is 1. The van der Waals surface area contributed by atoms with E-state index in [-0.39, 0.29) is 11.8 Å². The highest BCUT2D eigenvalue weighted by Crippen LogP contribution is 2.10. The van der Waals surface area contributed by atoms with Crippen LogP contribution in [0.4, 0.5) is 0 Å². The number of hydrogen-bond donors (Lipinski definition) is 2. The van der Waals surface area contributed by atoms with Crippen molar-refractivity contribution in [3.63, 3.8) is 0 Å². The Bertz CT molecular complexity index is 688. The van der Waals surface area contributed by atoms with Gasteiger partial charge in [-0.2, -0.15) is 0 Å². The monoisotopic (exact) mass is 297 g/mol. The first-order chi connectivity index (χ1) is 10.7. The molecule has 0 radical (unpaired) electrons. The largest absolute Gasteiger partial charge is 0.350 e. The van der Waals surface area contributed by atoms with Gasteiger partial charge in [-0.1, -0.05) is 31.2 Å². The lowest BCUT2D eigenvalue weighted by molar-refractivity contribution is -0.123. The fraction of sp³-hybridized carbons (Fsp3) is 0.294. The van der Waals surface area contributed by atoms with E-state index < -0.39 is 6.04 Å². The minimum atomic E-state index is -0.526. The normalized spacial score (nSPS) is 16.8. The van der Waals surface area contributed by atoms with Crippen molar-refractivity contribution >= 4 is 11.8 Å². The van der Waals surface area contributed by atoms with Crippen LogP contribution in [0.15, 0.2) is 42.6 Å². The number of hydrogen-bond acceptors (Lipinski definition) is 2. The predicted octanol–water partition coefficient (Wildman–Crippen LogP) is 1.48. The van der Waals surface area contributed by atoms with Crippen LogP contribution in [0.3, 0.4) is 0 Å². The minimum absolute atomic E-state index is 0.160. The molecule has 1 atom stereocenters. The van der Waals surface area contributed by atoms with Crippen molar-refractivity contribution in [1.29, 1.82) is 0 Å². The molecule has 0 bridgehead atoms. The van der Waals surface area contributed by atoms with E-state index in [1.807, 2.05) is 24.4 Å². The molecule has 0 saturated heterocycles. The van der Waals surface area contributed by atoms with E-state index in [4.69, 9.17) is 0 Å². The van der Waals surface area contributed by atoms with Crippen molar-refractivity contribution in [3.05, 3.63) is 59.4 Å². The van der Waals surface area contributed by atoms with Gasteiger partial charge in [0.15, 0.2) is 0 Å². The molecule has 2 aromatic rings. The van der Waals surface area contributed by atoms with E-state index in [0.717, 1.165) is 12.0 Å². The second-order valence-electron chi connectivity index (χ2n) is 5.46. The van der Waals surface area contributed by atoms with Crippen LogP contribution in [0.2, 0.25) is 0 Å². The Balaban J connectivity index is 1.59. The van der Waals surface area contributed by atoms with Gasteiger partial charge in [0, 0.05) is 12.7 Å². The highest BCUT2D eigenvalue weighted by molar-refractivity contribution is 5.97. The molecule has 0 spiro atoms. The lowest BCUT2D eigenvalue weighted by Gasteiger charge is -2.24. The highest BCUT2D eigenvalue weighted by atomic mass is 16.2. The summed E-state index contributed by atoms with van der Waals surface area (Å²) in [5.41, 5.74) is 2.92. The Morgan fingerprint density at radius 3 is 2.73 bits per heavy atom. The molecule has 5 heteroatoms. The van der Waals surface area contributed by atoms with Crippen LogP contribution >= 0.6 is 0 Å². The molecule has 0 fully saturated rings. The molecule has 1 aromatic heterocycles. The van der Waals surface area contributed by atoms with E-state index >= 15 is 0 Å². The Morgan fingerprint density at radius 1 is 1.27 bits per heavy atom. The Morgan fingerprint density at radius 2 is 2.00 bits per heavy atom. The maximum absolute atomic E-state index is 12.2. The molecule has 1 aromatic carbocycles. The van der Waals surface area contributed by atoms with Crippen molar-refractivity contribution in [1.82, 2.24) is 15.2 Å². The van der Waals surface area contributed by atoms with Crippen molar-refractivity contribution in [3.8, 4) is 0 Å². The lowest BCUT2D eigenvalue weighted by atomic mass is 10.1. The van der Waals surface area contributed by atoms with Crippen LogP contribution in [0.25, 0.3) is 0 Å². The van der Waals surface area contributed by atoms with Crippen molar-refractivity contribution < 1.29 is 9.59 Å². The molecule has 5 nitrogen and oxygen atoms in total. The van der Waals surface area contributed by atoms with Gasteiger partial charge in [0.05, 0.1) is 6.54 Å². The first kappa shape index (κ1) is 14.4. The topological polar surface area (TPSA) is 63.1 Å². The number of carbonyl (C=O) groups is 2. The Kier molecular flexibility index (Phi) is 3.96. The molecule has 2 N–H and O–H groups in total. The molecule has 1 aliphatic heterocycles. The fourth-order valence-corrected chi connectivity index (χ4v) is 2.61. The summed E-state index contributed by atoms with van der Waals surface area (Å²) >= 11 is 0. The van der Waals surface area contributed by atoms with Crippen LogP contribution in [-0.4, -0.2) is 22.4 Å². The standard InChI is InChI=1S/C17H19N3O2/c1-2-12-5-7-13(8-6-12)10-18-16(21)14-11-20-9-3-4-15(20)17(22)19-14/h3-9,14H,2,10-11H2,1H3,(H,18,21)(H,19,22)/t14-/m0/s1.